The molecule has 0 radical (unpaired) electrons. The molecule has 0 fully saturated rings. The largest absolute Gasteiger partial charge is 0.508 e. The smallest absolute Gasteiger partial charge is 0.233 e. The first-order valence-corrected chi connectivity index (χ1v) is 18.0. The molecule has 4 amide bonds. The Hall–Kier alpha value is -6.84. The molecule has 328 valence electrons. The van der Waals surface area contributed by atoms with Crippen LogP contribution in [0.4, 0.5) is 13.2 Å². The number of phenols is 1. The van der Waals surface area contributed by atoms with Crippen molar-refractivity contribution < 1.29 is 77.2 Å². The molecule has 21 heteroatoms. The molecule has 0 heterocycles. The number of ether oxygens (including phenoxy) is 4. The van der Waals surface area contributed by atoms with Crippen molar-refractivity contribution >= 4 is 48.0 Å². The number of amides is 4. The van der Waals surface area contributed by atoms with Gasteiger partial charge in [0, 0.05) is 18.2 Å². The number of benzene rings is 5. The number of hydroxylamine groups is 8. The van der Waals surface area contributed by atoms with Crippen molar-refractivity contribution in [3.63, 3.8) is 0 Å². The van der Waals surface area contributed by atoms with Crippen molar-refractivity contribution in [2.24, 2.45) is 0 Å². The van der Waals surface area contributed by atoms with Crippen molar-refractivity contribution in [3.05, 3.63) is 126 Å². The molecular formula is C40H42ClF3N4O13. The molecule has 5 N–H and O–H groups in total. The van der Waals surface area contributed by atoms with Gasteiger partial charge >= 0.3 is 0 Å². The van der Waals surface area contributed by atoms with E-state index >= 15 is 0 Å². The molecule has 5 aromatic rings. The van der Waals surface area contributed by atoms with Crippen molar-refractivity contribution in [3.8, 4) is 28.7 Å². The van der Waals surface area contributed by atoms with Gasteiger partial charge in [-0.3, -0.25) is 40.0 Å². The Morgan fingerprint density at radius 2 is 0.934 bits per heavy atom. The highest BCUT2D eigenvalue weighted by molar-refractivity contribution is 6.32. The number of aromatic hydroxyl groups is 1. The van der Waals surface area contributed by atoms with Gasteiger partial charge in [0.05, 0.1) is 31.2 Å². The summed E-state index contributed by atoms with van der Waals surface area (Å²) in [4.78, 5) is 40.1. The number of para-hydroxylation sites is 1. The lowest BCUT2D eigenvalue weighted by Gasteiger charge is -2.10. The van der Waals surface area contributed by atoms with Gasteiger partial charge in [-0.2, -0.15) is 0 Å². The van der Waals surface area contributed by atoms with E-state index in [9.17, 15) is 32.3 Å². The molecule has 0 aliphatic heterocycles. The number of carbonyl (C=O) groups is 4. The SMILES string of the molecule is O=CN(O)CCOc1cc(F)c(F)cc1F.O=CN(O)CCOc1ccc2ccccc2c1.O=CN(O)CCOc1cccc(O)c1.O=CN(O)CCOc1ccccc1Cl. The van der Waals surface area contributed by atoms with Crippen molar-refractivity contribution in [1.82, 2.24) is 20.3 Å². The summed E-state index contributed by atoms with van der Waals surface area (Å²) in [7, 11) is 0. The van der Waals surface area contributed by atoms with Gasteiger partial charge in [-0.05, 0) is 47.2 Å². The monoisotopic (exact) mass is 878 g/mol. The van der Waals surface area contributed by atoms with Gasteiger partial charge in [0.25, 0.3) is 0 Å². The standard InChI is InChI=1S/C13H13NO3.C9H10ClNO3.C9H8F3NO3.C9H11NO4/c15-10-14(16)7-8-17-13-6-5-11-3-1-2-4-12(11)9-13;10-8-3-1-2-4-9(8)14-6-5-11(13)7-12;10-6-3-8(12)9(4-7(6)11)16-2-1-13(15)5-14;11-7-10(13)4-5-14-9-3-1-2-8(12)6-9/h1-6,9-10,16H,7-8H2;1-4,7,13H,5-6H2;3-5,15H,1-2H2;1-3,6-7,12-13H,4-5H2. The Balaban J connectivity index is 0.000000281. The van der Waals surface area contributed by atoms with E-state index < -0.39 is 23.2 Å². The summed E-state index contributed by atoms with van der Waals surface area (Å²) in [5.74, 6) is -2.25. The minimum Gasteiger partial charge on any atom is -0.508 e. The summed E-state index contributed by atoms with van der Waals surface area (Å²) >= 11 is 5.80. The maximum Gasteiger partial charge on any atom is 0.233 e. The third-order valence-electron chi connectivity index (χ3n) is 7.17. The number of nitrogens with zero attached hydrogens (tertiary/aromatic N) is 4. The Morgan fingerprint density at radius 1 is 0.475 bits per heavy atom. The molecule has 17 nitrogen and oxygen atoms in total. The van der Waals surface area contributed by atoms with Crippen LogP contribution in [0.25, 0.3) is 10.8 Å². The van der Waals surface area contributed by atoms with Crippen molar-refractivity contribution in [2.75, 3.05) is 52.6 Å². The first kappa shape index (κ1) is 50.3. The van der Waals surface area contributed by atoms with Crippen LogP contribution in [0.15, 0.2) is 103 Å². The maximum absolute atomic E-state index is 13.0. The minimum absolute atomic E-state index is 0.0825. The highest BCUT2D eigenvalue weighted by Gasteiger charge is 2.11. The van der Waals surface area contributed by atoms with E-state index in [-0.39, 0.29) is 69.8 Å². The number of rotatable bonds is 20. The van der Waals surface area contributed by atoms with Gasteiger partial charge in [-0.1, -0.05) is 60.1 Å². The molecule has 61 heavy (non-hydrogen) atoms. The first-order chi connectivity index (χ1) is 29.3. The summed E-state index contributed by atoms with van der Waals surface area (Å²) in [5, 5.41) is 48.7. The van der Waals surface area contributed by atoms with Crippen molar-refractivity contribution in [2.45, 2.75) is 0 Å². The van der Waals surface area contributed by atoms with Crippen molar-refractivity contribution in [1.29, 1.82) is 0 Å². The van der Waals surface area contributed by atoms with Crippen LogP contribution in [0, 0.1) is 17.5 Å². The molecule has 0 aromatic heterocycles. The van der Waals surface area contributed by atoms with Crippen LogP contribution >= 0.6 is 11.6 Å². The zero-order valence-electron chi connectivity index (χ0n) is 32.1. The van der Waals surface area contributed by atoms with E-state index in [1.807, 2.05) is 42.5 Å². The normalized spacial score (nSPS) is 9.84. The summed E-state index contributed by atoms with van der Waals surface area (Å²) in [6.07, 6.45) is 1.09. The van der Waals surface area contributed by atoms with E-state index in [0.29, 0.717) is 63.1 Å². The lowest BCUT2D eigenvalue weighted by molar-refractivity contribution is -0.151. The Bertz CT molecular complexity index is 2090. The summed E-state index contributed by atoms with van der Waals surface area (Å²) in [6.45, 7) is 0.481. The van der Waals surface area contributed by atoms with Crippen LogP contribution in [0.2, 0.25) is 5.02 Å². The average molecular weight is 879 g/mol. The molecule has 0 saturated heterocycles. The molecule has 0 bridgehead atoms. The number of hydrogen-bond donors (Lipinski definition) is 5. The van der Waals surface area contributed by atoms with Gasteiger partial charge in [0.15, 0.2) is 23.2 Å². The summed E-state index contributed by atoms with van der Waals surface area (Å²) in [5.41, 5.74) is 0. The van der Waals surface area contributed by atoms with Crippen LogP contribution < -0.4 is 18.9 Å². The minimum atomic E-state index is -1.32. The van der Waals surface area contributed by atoms with Gasteiger partial charge < -0.3 is 24.1 Å². The van der Waals surface area contributed by atoms with Gasteiger partial charge in [0.2, 0.25) is 25.6 Å². The lowest BCUT2D eigenvalue weighted by Crippen LogP contribution is -2.23. The molecule has 5 aromatic carbocycles. The first-order valence-electron chi connectivity index (χ1n) is 17.6. The molecular weight excluding hydrogens is 837 g/mol. The van der Waals surface area contributed by atoms with E-state index in [1.54, 1.807) is 36.4 Å². The molecule has 0 saturated carbocycles. The highest BCUT2D eigenvalue weighted by Crippen LogP contribution is 2.23. The van der Waals surface area contributed by atoms with Gasteiger partial charge in [-0.25, -0.2) is 33.4 Å². The molecule has 0 aliphatic carbocycles. The van der Waals surface area contributed by atoms with Gasteiger partial charge in [-0.15, -0.1) is 0 Å². The number of carbonyl (C=O) groups excluding carboxylic acids is 4. The fourth-order valence-electron chi connectivity index (χ4n) is 4.23. The van der Waals surface area contributed by atoms with Crippen LogP contribution in [0.3, 0.4) is 0 Å². The molecule has 0 unspecified atom stereocenters. The van der Waals surface area contributed by atoms with Crippen LogP contribution in [-0.4, -0.2) is 124 Å². The number of halogens is 4. The molecule has 0 atom stereocenters. The quantitative estimate of drug-likeness (QED) is 0.0280. The maximum atomic E-state index is 13.0. The Labute approximate surface area is 351 Å². The molecule has 0 aliphatic rings. The Morgan fingerprint density at radius 3 is 1.46 bits per heavy atom. The number of fused-ring (bicyclic) bond motifs is 1. The van der Waals surface area contributed by atoms with Crippen LogP contribution in [0.5, 0.6) is 28.7 Å². The second kappa shape index (κ2) is 28.6. The molecule has 5 rings (SSSR count). The predicted molar refractivity (Wildman–Crippen MR) is 210 cm³/mol. The number of hydrogen-bond acceptors (Lipinski definition) is 13. The van der Waals surface area contributed by atoms with E-state index in [4.69, 9.17) is 56.5 Å². The van der Waals surface area contributed by atoms with E-state index in [0.717, 1.165) is 16.5 Å². The number of phenolic OH excluding ortho intramolecular Hbond substituents is 1. The van der Waals surface area contributed by atoms with E-state index in [1.165, 1.54) is 12.1 Å². The third kappa shape index (κ3) is 20.6. The Kier molecular flexibility index (Phi) is 23.6. The van der Waals surface area contributed by atoms with Gasteiger partial charge in [0.1, 0.15) is 49.4 Å². The van der Waals surface area contributed by atoms with Crippen LogP contribution in [0.1, 0.15) is 0 Å². The molecule has 0 spiro atoms. The predicted octanol–water partition coefficient (Wildman–Crippen LogP) is 5.58. The lowest BCUT2D eigenvalue weighted by atomic mass is 10.1. The average Bonchev–Trinajstić information content (AvgIpc) is 3.26. The van der Waals surface area contributed by atoms with E-state index in [2.05, 4.69) is 0 Å². The fraction of sp³-hybridized carbons (Fsp3) is 0.200. The second-order valence-electron chi connectivity index (χ2n) is 11.6. The van der Waals surface area contributed by atoms with Crippen LogP contribution in [-0.2, 0) is 19.2 Å². The fourth-order valence-corrected chi connectivity index (χ4v) is 4.42. The zero-order chi connectivity index (χ0) is 45.0. The third-order valence-corrected chi connectivity index (χ3v) is 7.48. The zero-order valence-corrected chi connectivity index (χ0v) is 32.8. The topological polar surface area (TPSA) is 219 Å². The summed E-state index contributed by atoms with van der Waals surface area (Å²) < 4.78 is 58.6. The summed E-state index contributed by atoms with van der Waals surface area (Å²) in [6, 6.07) is 27.9. The highest BCUT2D eigenvalue weighted by atomic mass is 35.5. The second-order valence-corrected chi connectivity index (χ2v) is 12.0.